The van der Waals surface area contributed by atoms with Crippen LogP contribution in [0, 0.1) is 34.5 Å². The Balaban J connectivity index is 3.93. The van der Waals surface area contributed by atoms with Gasteiger partial charge in [0.15, 0.2) is 0 Å². The summed E-state index contributed by atoms with van der Waals surface area (Å²) in [6, 6.07) is 2.37. The van der Waals surface area contributed by atoms with Crippen LogP contribution in [0.5, 0.6) is 0 Å². The van der Waals surface area contributed by atoms with E-state index in [1.165, 1.54) is 6.42 Å². The number of rotatable bonds is 7. The Morgan fingerprint density at radius 1 is 1.19 bits per heavy atom. The summed E-state index contributed by atoms with van der Waals surface area (Å²) in [5.74, 6) is 1.30. The molecule has 0 rings (SSSR count). The lowest BCUT2D eigenvalue weighted by atomic mass is 9.84. The minimum absolute atomic E-state index is 0.134. The van der Waals surface area contributed by atoms with Crippen molar-refractivity contribution < 1.29 is 0 Å². The van der Waals surface area contributed by atoms with Crippen LogP contribution in [0.1, 0.15) is 48.0 Å². The number of nitrogens with one attached hydrogen (secondary N) is 1. The van der Waals surface area contributed by atoms with E-state index in [0.717, 1.165) is 19.0 Å². The molecule has 1 unspecified atom stereocenters. The summed E-state index contributed by atoms with van der Waals surface area (Å²) in [5.41, 5.74) is 0.325. The van der Waals surface area contributed by atoms with Crippen LogP contribution in [0.25, 0.3) is 0 Å². The van der Waals surface area contributed by atoms with E-state index >= 15 is 0 Å². The van der Waals surface area contributed by atoms with Gasteiger partial charge in [0.25, 0.3) is 0 Å². The number of nitrogens with zero attached hydrogens (tertiary/aromatic N) is 1. The van der Waals surface area contributed by atoms with Crippen molar-refractivity contribution in [2.24, 2.45) is 23.2 Å². The van der Waals surface area contributed by atoms with E-state index in [4.69, 9.17) is 5.26 Å². The largest absolute Gasteiger partial charge is 0.315 e. The van der Waals surface area contributed by atoms with Gasteiger partial charge in [-0.05, 0) is 23.7 Å². The first-order valence-electron chi connectivity index (χ1n) is 6.39. The predicted octanol–water partition coefficient (Wildman–Crippen LogP) is 3.44. The molecule has 0 aliphatic heterocycles. The molecule has 0 aromatic heterocycles. The molecular weight excluding hydrogens is 196 g/mol. The molecule has 0 heterocycles. The summed E-state index contributed by atoms with van der Waals surface area (Å²) in [4.78, 5) is 0. The average molecular weight is 224 g/mol. The molecule has 0 radical (unpaired) electrons. The summed E-state index contributed by atoms with van der Waals surface area (Å²) < 4.78 is 0. The molecule has 0 spiro atoms. The van der Waals surface area contributed by atoms with Crippen molar-refractivity contribution in [3.63, 3.8) is 0 Å². The van der Waals surface area contributed by atoms with Crippen LogP contribution >= 0.6 is 0 Å². The molecule has 0 saturated heterocycles. The highest BCUT2D eigenvalue weighted by Gasteiger charge is 2.20. The van der Waals surface area contributed by atoms with Gasteiger partial charge >= 0.3 is 0 Å². The molecule has 94 valence electrons. The van der Waals surface area contributed by atoms with Gasteiger partial charge in [-0.3, -0.25) is 0 Å². The maximum absolute atomic E-state index is 8.98. The van der Waals surface area contributed by atoms with Gasteiger partial charge < -0.3 is 5.32 Å². The molecule has 0 bridgehead atoms. The SMILES string of the molecule is CC(C)CC(C)(C)CNCC(C#N)C(C)C. The lowest BCUT2D eigenvalue weighted by Gasteiger charge is -2.28. The zero-order valence-corrected chi connectivity index (χ0v) is 11.8. The van der Waals surface area contributed by atoms with Crippen molar-refractivity contribution >= 4 is 0 Å². The summed E-state index contributed by atoms with van der Waals surface area (Å²) >= 11 is 0. The van der Waals surface area contributed by atoms with Crippen molar-refractivity contribution in [1.82, 2.24) is 5.32 Å². The summed E-state index contributed by atoms with van der Waals surface area (Å²) in [5, 5.41) is 12.4. The van der Waals surface area contributed by atoms with Gasteiger partial charge in [0.1, 0.15) is 0 Å². The maximum Gasteiger partial charge on any atom is 0.0671 e. The van der Waals surface area contributed by atoms with E-state index in [1.54, 1.807) is 0 Å². The second-order valence-corrected chi connectivity index (χ2v) is 6.37. The molecule has 0 aliphatic carbocycles. The van der Waals surface area contributed by atoms with E-state index in [1.807, 2.05) is 0 Å². The van der Waals surface area contributed by atoms with Crippen LogP contribution in [0.4, 0.5) is 0 Å². The molecule has 2 nitrogen and oxygen atoms in total. The van der Waals surface area contributed by atoms with E-state index < -0.39 is 0 Å². The second-order valence-electron chi connectivity index (χ2n) is 6.37. The minimum Gasteiger partial charge on any atom is -0.315 e. The second kappa shape index (κ2) is 6.91. The monoisotopic (exact) mass is 224 g/mol. The Bertz CT molecular complexity index is 223. The third kappa shape index (κ3) is 6.85. The number of hydrogen-bond donors (Lipinski definition) is 1. The van der Waals surface area contributed by atoms with Gasteiger partial charge in [0.2, 0.25) is 0 Å². The first-order chi connectivity index (χ1) is 7.28. The molecule has 1 N–H and O–H groups in total. The van der Waals surface area contributed by atoms with E-state index in [9.17, 15) is 0 Å². The van der Waals surface area contributed by atoms with E-state index in [-0.39, 0.29) is 5.92 Å². The zero-order valence-electron chi connectivity index (χ0n) is 11.8. The first-order valence-corrected chi connectivity index (χ1v) is 6.39. The van der Waals surface area contributed by atoms with Crippen molar-refractivity contribution in [3.8, 4) is 6.07 Å². The average Bonchev–Trinajstić information content (AvgIpc) is 2.09. The van der Waals surface area contributed by atoms with Crippen molar-refractivity contribution in [1.29, 1.82) is 5.26 Å². The molecule has 2 heteroatoms. The molecule has 1 atom stereocenters. The molecular formula is C14H28N2. The lowest BCUT2D eigenvalue weighted by molar-refractivity contribution is 0.266. The van der Waals surface area contributed by atoms with Gasteiger partial charge in [-0.15, -0.1) is 0 Å². The quantitative estimate of drug-likeness (QED) is 0.719. The number of hydrogen-bond acceptors (Lipinski definition) is 2. The van der Waals surface area contributed by atoms with Gasteiger partial charge in [-0.25, -0.2) is 0 Å². The van der Waals surface area contributed by atoms with Crippen LogP contribution in [-0.2, 0) is 0 Å². The molecule has 0 aromatic rings. The fourth-order valence-corrected chi connectivity index (χ4v) is 2.17. The first kappa shape index (κ1) is 15.4. The normalized spacial score (nSPS) is 14.2. The van der Waals surface area contributed by atoms with Gasteiger partial charge in [0.05, 0.1) is 12.0 Å². The van der Waals surface area contributed by atoms with Crippen LogP contribution < -0.4 is 5.32 Å². The van der Waals surface area contributed by atoms with Gasteiger partial charge in [-0.1, -0.05) is 41.5 Å². The van der Waals surface area contributed by atoms with Crippen LogP contribution in [0.3, 0.4) is 0 Å². The fourth-order valence-electron chi connectivity index (χ4n) is 2.17. The topological polar surface area (TPSA) is 35.8 Å². The molecule has 0 saturated carbocycles. The van der Waals surface area contributed by atoms with E-state index in [2.05, 4.69) is 52.9 Å². The molecule has 0 amide bonds. The molecule has 0 fully saturated rings. The van der Waals surface area contributed by atoms with Gasteiger partial charge in [0, 0.05) is 13.1 Å². The third-order valence-electron chi connectivity index (χ3n) is 2.90. The smallest absolute Gasteiger partial charge is 0.0671 e. The molecule has 16 heavy (non-hydrogen) atoms. The van der Waals surface area contributed by atoms with Crippen molar-refractivity contribution in [2.75, 3.05) is 13.1 Å². The Hall–Kier alpha value is -0.550. The van der Waals surface area contributed by atoms with Crippen LogP contribution in [0.15, 0.2) is 0 Å². The highest BCUT2D eigenvalue weighted by atomic mass is 14.9. The highest BCUT2D eigenvalue weighted by molar-refractivity contribution is 4.87. The van der Waals surface area contributed by atoms with Crippen LogP contribution in [0.2, 0.25) is 0 Å². The minimum atomic E-state index is 0.134. The van der Waals surface area contributed by atoms with Crippen LogP contribution in [-0.4, -0.2) is 13.1 Å². The van der Waals surface area contributed by atoms with Gasteiger partial charge in [-0.2, -0.15) is 5.26 Å². The number of nitriles is 1. The molecule has 0 aromatic carbocycles. The summed E-state index contributed by atoms with van der Waals surface area (Å²) in [6.07, 6.45) is 1.22. The lowest BCUT2D eigenvalue weighted by Crippen LogP contribution is -2.34. The Kier molecular flexibility index (Phi) is 6.67. The third-order valence-corrected chi connectivity index (χ3v) is 2.90. The molecule has 0 aliphatic rings. The van der Waals surface area contributed by atoms with E-state index in [0.29, 0.717) is 11.3 Å². The predicted molar refractivity (Wildman–Crippen MR) is 70.0 cm³/mol. The fraction of sp³-hybridized carbons (Fsp3) is 0.929. The summed E-state index contributed by atoms with van der Waals surface area (Å²) in [7, 11) is 0. The van der Waals surface area contributed by atoms with Crippen molar-refractivity contribution in [2.45, 2.75) is 48.0 Å². The standard InChI is InChI=1S/C14H28N2/c1-11(2)7-14(5,6)10-16-9-13(8-15)12(3)4/h11-13,16H,7,9-10H2,1-6H3. The Morgan fingerprint density at radius 2 is 1.75 bits per heavy atom. The van der Waals surface area contributed by atoms with Crippen molar-refractivity contribution in [3.05, 3.63) is 0 Å². The summed E-state index contributed by atoms with van der Waals surface area (Å²) in [6.45, 7) is 15.1. The Morgan fingerprint density at radius 3 is 2.12 bits per heavy atom. The highest BCUT2D eigenvalue weighted by Crippen LogP contribution is 2.24. The maximum atomic E-state index is 8.98. The Labute approximate surface area is 101 Å². The zero-order chi connectivity index (χ0) is 12.8.